The van der Waals surface area contributed by atoms with Crippen molar-refractivity contribution in [3.63, 3.8) is 0 Å². The van der Waals surface area contributed by atoms with E-state index in [2.05, 4.69) is 5.32 Å². The Bertz CT molecular complexity index is 399. The minimum atomic E-state index is -1.11. The molecule has 1 amide bonds. The average Bonchev–Trinajstić information content (AvgIpc) is 2.83. The van der Waals surface area contributed by atoms with Crippen molar-refractivity contribution in [3.05, 3.63) is 23.7 Å². The number of hydrogen-bond donors (Lipinski definition) is 2. The summed E-state index contributed by atoms with van der Waals surface area (Å²) in [5.41, 5.74) is -0.0276. The Morgan fingerprint density at radius 3 is 2.78 bits per heavy atom. The zero-order valence-electron chi connectivity index (χ0n) is 10.3. The summed E-state index contributed by atoms with van der Waals surface area (Å²) in [6.45, 7) is 1.25. The van der Waals surface area contributed by atoms with Gasteiger partial charge in [0, 0.05) is 26.3 Å². The molecule has 2 N–H and O–H groups in total. The Kier molecular flexibility index (Phi) is 5.93. The summed E-state index contributed by atoms with van der Waals surface area (Å²) in [7, 11) is 1.65. The first-order valence-electron chi connectivity index (χ1n) is 5.74. The summed E-state index contributed by atoms with van der Waals surface area (Å²) in [4.78, 5) is 22.1. The molecular weight excluding hydrogens is 238 g/mol. The lowest BCUT2D eigenvalue weighted by Gasteiger charge is -2.02. The molecule has 0 saturated carbocycles. The van der Waals surface area contributed by atoms with Crippen molar-refractivity contribution in [2.24, 2.45) is 0 Å². The largest absolute Gasteiger partial charge is 0.478 e. The monoisotopic (exact) mass is 255 g/mol. The number of carboxylic acids is 1. The van der Waals surface area contributed by atoms with Gasteiger partial charge in [-0.2, -0.15) is 0 Å². The number of hydrogen-bond acceptors (Lipinski definition) is 4. The van der Waals surface area contributed by atoms with Gasteiger partial charge in [0.1, 0.15) is 6.26 Å². The SMILES string of the molecule is COCCCCCNC(=O)c1cc(C(=O)O)co1. The van der Waals surface area contributed by atoms with E-state index in [4.69, 9.17) is 14.3 Å². The van der Waals surface area contributed by atoms with Crippen LogP contribution in [0.4, 0.5) is 0 Å². The standard InChI is InChI=1S/C12H17NO5/c1-17-6-4-2-3-5-13-11(14)10-7-9(8-18-10)12(15)16/h7-8H,2-6H2,1H3,(H,13,14)(H,15,16). The van der Waals surface area contributed by atoms with Crippen molar-refractivity contribution in [2.45, 2.75) is 19.3 Å². The molecule has 0 aromatic carbocycles. The van der Waals surface area contributed by atoms with Crippen LogP contribution < -0.4 is 5.32 Å². The van der Waals surface area contributed by atoms with Crippen molar-refractivity contribution >= 4 is 11.9 Å². The average molecular weight is 255 g/mol. The van der Waals surface area contributed by atoms with E-state index in [0.29, 0.717) is 13.2 Å². The van der Waals surface area contributed by atoms with E-state index in [-0.39, 0.29) is 11.3 Å². The van der Waals surface area contributed by atoms with E-state index in [9.17, 15) is 9.59 Å². The fraction of sp³-hybridized carbons (Fsp3) is 0.500. The number of aromatic carboxylic acids is 1. The van der Waals surface area contributed by atoms with Crippen LogP contribution in [0.15, 0.2) is 16.7 Å². The summed E-state index contributed by atoms with van der Waals surface area (Å²) in [6.07, 6.45) is 3.82. The molecule has 0 spiro atoms. The van der Waals surface area contributed by atoms with Gasteiger partial charge in [0.2, 0.25) is 0 Å². The predicted octanol–water partition coefficient (Wildman–Crippen LogP) is 1.52. The maximum absolute atomic E-state index is 11.5. The quantitative estimate of drug-likeness (QED) is 0.687. The minimum absolute atomic E-state index is 0.0179. The highest BCUT2D eigenvalue weighted by Gasteiger charge is 2.13. The molecule has 18 heavy (non-hydrogen) atoms. The van der Waals surface area contributed by atoms with Crippen molar-refractivity contribution in [2.75, 3.05) is 20.3 Å². The number of methoxy groups -OCH3 is 1. The summed E-state index contributed by atoms with van der Waals surface area (Å²) >= 11 is 0. The summed E-state index contributed by atoms with van der Waals surface area (Å²) in [5.74, 6) is -1.49. The molecule has 0 fully saturated rings. The van der Waals surface area contributed by atoms with Crippen molar-refractivity contribution in [1.29, 1.82) is 0 Å². The zero-order valence-corrected chi connectivity index (χ0v) is 10.3. The fourth-order valence-electron chi connectivity index (χ4n) is 1.40. The number of nitrogens with one attached hydrogen (secondary N) is 1. The third-order valence-corrected chi connectivity index (χ3v) is 2.38. The Balaban J connectivity index is 2.25. The van der Waals surface area contributed by atoms with Crippen LogP contribution in [0, 0.1) is 0 Å². The Morgan fingerprint density at radius 2 is 2.17 bits per heavy atom. The Labute approximate surface area is 105 Å². The van der Waals surface area contributed by atoms with Crippen LogP contribution in [0.5, 0.6) is 0 Å². The second-order valence-corrected chi connectivity index (χ2v) is 3.81. The molecule has 0 radical (unpaired) electrons. The van der Waals surface area contributed by atoms with Gasteiger partial charge < -0.3 is 19.6 Å². The van der Waals surface area contributed by atoms with E-state index in [0.717, 1.165) is 25.5 Å². The lowest BCUT2D eigenvalue weighted by Crippen LogP contribution is -2.24. The number of amides is 1. The highest BCUT2D eigenvalue weighted by Crippen LogP contribution is 2.07. The Morgan fingerprint density at radius 1 is 1.39 bits per heavy atom. The van der Waals surface area contributed by atoms with Gasteiger partial charge in [0.05, 0.1) is 5.56 Å². The maximum Gasteiger partial charge on any atom is 0.338 e. The van der Waals surface area contributed by atoms with Gasteiger partial charge >= 0.3 is 5.97 Å². The first kappa shape index (κ1) is 14.2. The fourth-order valence-corrected chi connectivity index (χ4v) is 1.40. The van der Waals surface area contributed by atoms with Crippen LogP contribution in [0.1, 0.15) is 40.2 Å². The molecule has 6 nitrogen and oxygen atoms in total. The second-order valence-electron chi connectivity index (χ2n) is 3.81. The van der Waals surface area contributed by atoms with E-state index in [1.54, 1.807) is 7.11 Å². The molecule has 0 aliphatic rings. The molecule has 1 aromatic rings. The third-order valence-electron chi connectivity index (χ3n) is 2.38. The van der Waals surface area contributed by atoms with Gasteiger partial charge in [-0.15, -0.1) is 0 Å². The topological polar surface area (TPSA) is 88.8 Å². The molecular formula is C12H17NO5. The van der Waals surface area contributed by atoms with Crippen molar-refractivity contribution < 1.29 is 23.8 Å². The third kappa shape index (κ3) is 4.58. The summed E-state index contributed by atoms with van der Waals surface area (Å²) in [6, 6.07) is 1.21. The molecule has 6 heteroatoms. The van der Waals surface area contributed by atoms with E-state index in [1.165, 1.54) is 6.07 Å². The first-order valence-corrected chi connectivity index (χ1v) is 5.74. The normalized spacial score (nSPS) is 10.3. The number of carbonyl (C=O) groups is 2. The van der Waals surface area contributed by atoms with Crippen LogP contribution in [-0.2, 0) is 4.74 Å². The van der Waals surface area contributed by atoms with Gasteiger partial charge in [0.25, 0.3) is 5.91 Å². The molecule has 0 saturated heterocycles. The molecule has 0 atom stereocenters. The molecule has 100 valence electrons. The molecule has 1 heterocycles. The molecule has 1 rings (SSSR count). The number of rotatable bonds is 8. The van der Waals surface area contributed by atoms with Crippen LogP contribution >= 0.6 is 0 Å². The smallest absolute Gasteiger partial charge is 0.338 e. The van der Waals surface area contributed by atoms with Gasteiger partial charge in [0.15, 0.2) is 5.76 Å². The summed E-state index contributed by atoms with van der Waals surface area (Å²) in [5, 5.41) is 11.3. The van der Waals surface area contributed by atoms with Crippen molar-refractivity contribution in [3.8, 4) is 0 Å². The number of carboxylic acid groups (broad SMARTS) is 1. The lowest BCUT2D eigenvalue weighted by atomic mass is 10.2. The Hall–Kier alpha value is -1.82. The first-order chi connectivity index (χ1) is 8.65. The lowest BCUT2D eigenvalue weighted by molar-refractivity contribution is 0.0696. The molecule has 1 aromatic heterocycles. The van der Waals surface area contributed by atoms with E-state index in [1.807, 2.05) is 0 Å². The number of unbranched alkanes of at least 4 members (excludes halogenated alkanes) is 2. The molecule has 0 unspecified atom stereocenters. The van der Waals surface area contributed by atoms with E-state index >= 15 is 0 Å². The molecule has 0 aliphatic heterocycles. The zero-order chi connectivity index (χ0) is 13.4. The van der Waals surface area contributed by atoms with E-state index < -0.39 is 11.9 Å². The van der Waals surface area contributed by atoms with Gasteiger partial charge in [-0.25, -0.2) is 4.79 Å². The van der Waals surface area contributed by atoms with Crippen LogP contribution in [0.3, 0.4) is 0 Å². The summed E-state index contributed by atoms with van der Waals surface area (Å²) < 4.78 is 9.78. The number of ether oxygens (including phenoxy) is 1. The molecule has 0 bridgehead atoms. The van der Waals surface area contributed by atoms with Gasteiger partial charge in [-0.3, -0.25) is 4.79 Å². The second kappa shape index (κ2) is 7.50. The van der Waals surface area contributed by atoms with Gasteiger partial charge in [-0.1, -0.05) is 0 Å². The minimum Gasteiger partial charge on any atom is -0.478 e. The van der Waals surface area contributed by atoms with Crippen molar-refractivity contribution in [1.82, 2.24) is 5.32 Å². The number of furan rings is 1. The number of carbonyl (C=O) groups excluding carboxylic acids is 1. The highest BCUT2D eigenvalue weighted by molar-refractivity contribution is 5.95. The molecule has 0 aliphatic carbocycles. The van der Waals surface area contributed by atoms with Crippen LogP contribution in [0.25, 0.3) is 0 Å². The highest BCUT2D eigenvalue weighted by atomic mass is 16.5. The van der Waals surface area contributed by atoms with Gasteiger partial charge in [-0.05, 0) is 19.3 Å². The van der Waals surface area contributed by atoms with Crippen LogP contribution in [0.2, 0.25) is 0 Å². The predicted molar refractivity (Wildman–Crippen MR) is 63.7 cm³/mol. The maximum atomic E-state index is 11.5. The van der Waals surface area contributed by atoms with Crippen LogP contribution in [-0.4, -0.2) is 37.2 Å².